The predicted molar refractivity (Wildman–Crippen MR) is 174 cm³/mol. The number of nitrogens with zero attached hydrogens (tertiary/aromatic N) is 5. The lowest BCUT2D eigenvalue weighted by molar-refractivity contribution is 0.0647. The van der Waals surface area contributed by atoms with Crippen LogP contribution in [0.1, 0.15) is 52.4 Å². The van der Waals surface area contributed by atoms with Crippen molar-refractivity contribution in [3.05, 3.63) is 47.2 Å². The van der Waals surface area contributed by atoms with Gasteiger partial charge < -0.3 is 14.4 Å². The number of nitrogens with one attached hydrogen (secondary N) is 1. The van der Waals surface area contributed by atoms with E-state index in [1.807, 2.05) is 36.1 Å². The van der Waals surface area contributed by atoms with Gasteiger partial charge in [-0.15, -0.1) is 0 Å². The Morgan fingerprint density at radius 1 is 1.11 bits per heavy atom. The number of benzene rings is 2. The summed E-state index contributed by atoms with van der Waals surface area (Å²) in [6.45, 7) is 6.11. The van der Waals surface area contributed by atoms with Gasteiger partial charge in [0.15, 0.2) is 11.6 Å². The molecule has 1 spiro atoms. The molecule has 9 rings (SSSR count). The number of halogens is 4. The molecule has 4 aromatic rings. The van der Waals surface area contributed by atoms with Gasteiger partial charge in [0, 0.05) is 35.0 Å². The highest BCUT2D eigenvalue weighted by Gasteiger charge is 2.77. The van der Waals surface area contributed by atoms with Crippen LogP contribution in [0.5, 0.6) is 11.9 Å². The van der Waals surface area contributed by atoms with Crippen LogP contribution in [0.4, 0.5) is 19.0 Å². The number of anilines is 1. The fourth-order valence-electron chi connectivity index (χ4n) is 8.56. The van der Waals surface area contributed by atoms with Gasteiger partial charge in [-0.3, -0.25) is 10.2 Å². The molecule has 12 heteroatoms. The first-order valence-electron chi connectivity index (χ1n) is 16.6. The second-order valence-corrected chi connectivity index (χ2v) is 14.7. The zero-order chi connectivity index (χ0) is 32.3. The highest BCUT2D eigenvalue weighted by molar-refractivity contribution is 6.36. The van der Waals surface area contributed by atoms with Crippen LogP contribution < -0.4 is 19.7 Å². The first-order chi connectivity index (χ1) is 22.6. The van der Waals surface area contributed by atoms with E-state index in [9.17, 15) is 8.78 Å². The standard InChI is InChI=1S/C35H36ClF3N6O2/c1-3-21-13-19(2)47-31-26-29(27(37)28(41-31)22-9-4-7-20-8-5-10-23(36)25(20)22)42-32(43-30(26)45-14-24(45)40-21)46-18-34-11-6-12-44(34)17-33(15-34)16-35(33,38)39/h4-5,7-10,19,21,24,40H,3,6,11-18H2,1-2H3/t19-,21-,24+,33?,34-,45?/m0/s1. The van der Waals surface area contributed by atoms with Crippen LogP contribution in [-0.2, 0) is 0 Å². The molecule has 0 radical (unpaired) electrons. The van der Waals surface area contributed by atoms with Crippen LogP contribution in [-0.4, -0.2) is 75.9 Å². The van der Waals surface area contributed by atoms with Gasteiger partial charge >= 0.3 is 6.01 Å². The molecule has 3 saturated heterocycles. The van der Waals surface area contributed by atoms with Gasteiger partial charge in [0.25, 0.3) is 5.92 Å². The minimum atomic E-state index is -2.63. The second kappa shape index (κ2) is 10.3. The number of alkyl halides is 2. The molecule has 1 saturated carbocycles. The Kier molecular flexibility index (Phi) is 6.51. The van der Waals surface area contributed by atoms with Gasteiger partial charge in [0.1, 0.15) is 23.2 Å². The van der Waals surface area contributed by atoms with Crippen molar-refractivity contribution in [2.24, 2.45) is 5.41 Å². The number of hydrogen-bond acceptors (Lipinski definition) is 8. The molecule has 1 N–H and O–H groups in total. The van der Waals surface area contributed by atoms with Crippen molar-refractivity contribution >= 4 is 39.1 Å². The van der Waals surface area contributed by atoms with E-state index < -0.39 is 22.7 Å². The summed E-state index contributed by atoms with van der Waals surface area (Å²) < 4.78 is 58.8. The van der Waals surface area contributed by atoms with Crippen LogP contribution in [0.2, 0.25) is 5.02 Å². The van der Waals surface area contributed by atoms with E-state index in [0.29, 0.717) is 46.7 Å². The molecule has 1 unspecified atom stereocenters. The number of ether oxygens (including phenoxy) is 2. The average molecular weight is 665 g/mol. The lowest BCUT2D eigenvalue weighted by Gasteiger charge is -2.31. The number of fused-ring (bicyclic) bond motifs is 4. The molecule has 4 fully saturated rings. The van der Waals surface area contributed by atoms with Gasteiger partial charge in [-0.05, 0) is 57.0 Å². The maximum absolute atomic E-state index is 17.0. The summed E-state index contributed by atoms with van der Waals surface area (Å²) in [6, 6.07) is 11.4. The Morgan fingerprint density at radius 2 is 1.91 bits per heavy atom. The Hall–Kier alpha value is -3.41. The van der Waals surface area contributed by atoms with E-state index in [4.69, 9.17) is 31.0 Å². The molecule has 0 amide bonds. The van der Waals surface area contributed by atoms with Crippen LogP contribution >= 0.6 is 11.6 Å². The normalized spacial score (nSPS) is 30.8. The maximum Gasteiger partial charge on any atom is 0.319 e. The minimum Gasteiger partial charge on any atom is -0.474 e. The van der Waals surface area contributed by atoms with E-state index >= 15 is 4.39 Å². The monoisotopic (exact) mass is 664 g/mol. The molecule has 2 aromatic carbocycles. The Balaban J connectivity index is 1.19. The predicted octanol–water partition coefficient (Wildman–Crippen LogP) is 6.97. The molecule has 1 aliphatic carbocycles. The van der Waals surface area contributed by atoms with Crippen LogP contribution in [0, 0.1) is 11.2 Å². The molecule has 246 valence electrons. The van der Waals surface area contributed by atoms with Crippen molar-refractivity contribution < 1.29 is 22.6 Å². The summed E-state index contributed by atoms with van der Waals surface area (Å²) in [5.41, 5.74) is -0.837. The smallest absolute Gasteiger partial charge is 0.319 e. The van der Waals surface area contributed by atoms with Gasteiger partial charge in [-0.2, -0.15) is 9.97 Å². The Bertz CT molecular complexity index is 1940. The molecule has 5 aliphatic rings. The van der Waals surface area contributed by atoms with E-state index in [2.05, 4.69) is 22.1 Å². The van der Waals surface area contributed by atoms with E-state index in [1.165, 1.54) is 0 Å². The van der Waals surface area contributed by atoms with Crippen LogP contribution in [0.15, 0.2) is 36.4 Å². The van der Waals surface area contributed by atoms with Gasteiger partial charge in [-0.1, -0.05) is 48.9 Å². The zero-order valence-corrected chi connectivity index (χ0v) is 27.1. The number of hydrogen-bond donors (Lipinski definition) is 1. The molecular formula is C35H36ClF3N6O2. The molecule has 4 aliphatic heterocycles. The Labute approximate surface area is 275 Å². The fraction of sp³-hybridized carbons (Fsp3) is 0.514. The summed E-state index contributed by atoms with van der Waals surface area (Å²) in [5, 5.41) is 6.08. The average Bonchev–Trinajstić information content (AvgIpc) is 3.81. The molecule has 2 aromatic heterocycles. The lowest BCUT2D eigenvalue weighted by Crippen LogP contribution is -2.43. The highest BCUT2D eigenvalue weighted by Crippen LogP contribution is 2.69. The van der Waals surface area contributed by atoms with Crippen LogP contribution in [0.3, 0.4) is 0 Å². The molecule has 6 heterocycles. The van der Waals surface area contributed by atoms with E-state index in [-0.39, 0.29) is 54.4 Å². The third-order valence-electron chi connectivity index (χ3n) is 11.1. The van der Waals surface area contributed by atoms with Crippen molar-refractivity contribution in [3.8, 4) is 23.1 Å². The summed E-state index contributed by atoms with van der Waals surface area (Å²) in [7, 11) is 0. The summed E-state index contributed by atoms with van der Waals surface area (Å²) >= 11 is 6.68. The zero-order valence-electron chi connectivity index (χ0n) is 26.3. The number of rotatable bonds is 5. The van der Waals surface area contributed by atoms with Crippen LogP contribution in [0.25, 0.3) is 32.9 Å². The van der Waals surface area contributed by atoms with E-state index in [1.54, 1.807) is 12.1 Å². The molecular weight excluding hydrogens is 629 g/mol. The third-order valence-corrected chi connectivity index (χ3v) is 11.5. The molecule has 8 nitrogen and oxygen atoms in total. The minimum absolute atomic E-state index is 0.0120. The summed E-state index contributed by atoms with van der Waals surface area (Å²) in [5.74, 6) is -2.53. The largest absolute Gasteiger partial charge is 0.474 e. The molecule has 0 bridgehead atoms. The molecule has 47 heavy (non-hydrogen) atoms. The number of pyridine rings is 1. The quantitative estimate of drug-likeness (QED) is 0.230. The topological polar surface area (TPSA) is 75.4 Å². The van der Waals surface area contributed by atoms with Crippen molar-refractivity contribution in [2.45, 2.75) is 82.1 Å². The fourth-order valence-corrected chi connectivity index (χ4v) is 8.85. The first kappa shape index (κ1) is 29.7. The van der Waals surface area contributed by atoms with Crippen molar-refractivity contribution in [3.63, 3.8) is 0 Å². The summed E-state index contributed by atoms with van der Waals surface area (Å²) in [4.78, 5) is 18.6. The van der Waals surface area contributed by atoms with Crippen molar-refractivity contribution in [1.82, 2.24) is 25.2 Å². The summed E-state index contributed by atoms with van der Waals surface area (Å²) in [6.07, 6.45) is 3.43. The SMILES string of the molecule is CC[C@H]1C[C@H](C)Oc2nc(-c3cccc4cccc(Cl)c34)c(F)c3nc(OC[C@@]45CCCN4CC4(CC4(F)F)C5)nc(c23)N2C[C@@H]2N1. The van der Waals surface area contributed by atoms with Gasteiger partial charge in [-0.25, -0.2) is 18.2 Å². The Morgan fingerprint density at radius 3 is 2.70 bits per heavy atom. The molecule has 5 atom stereocenters. The lowest BCUT2D eigenvalue weighted by atomic mass is 9.89. The van der Waals surface area contributed by atoms with Gasteiger partial charge in [0.05, 0.1) is 29.8 Å². The van der Waals surface area contributed by atoms with Crippen molar-refractivity contribution in [1.29, 1.82) is 0 Å². The third kappa shape index (κ3) is 4.59. The van der Waals surface area contributed by atoms with Crippen molar-refractivity contribution in [2.75, 3.05) is 31.1 Å². The highest BCUT2D eigenvalue weighted by atomic mass is 35.5. The number of aromatic nitrogens is 3. The van der Waals surface area contributed by atoms with E-state index in [0.717, 1.165) is 37.6 Å². The maximum atomic E-state index is 17.0. The first-order valence-corrected chi connectivity index (χ1v) is 17.0. The second-order valence-electron chi connectivity index (χ2n) is 14.3. The van der Waals surface area contributed by atoms with Gasteiger partial charge in [0.2, 0.25) is 5.88 Å².